The molecule has 4 heterocycles. The van der Waals surface area contributed by atoms with Gasteiger partial charge in [0.25, 0.3) is 0 Å². The molecule has 0 atom stereocenters. The molecule has 0 saturated heterocycles. The quantitative estimate of drug-likeness (QED) is 0.161. The van der Waals surface area contributed by atoms with E-state index in [9.17, 15) is 0 Å². The van der Waals surface area contributed by atoms with Crippen molar-refractivity contribution < 1.29 is 0 Å². The van der Waals surface area contributed by atoms with Crippen LogP contribution in [0.1, 0.15) is 0 Å². The van der Waals surface area contributed by atoms with E-state index in [1.807, 2.05) is 36.5 Å². The van der Waals surface area contributed by atoms with Crippen molar-refractivity contribution in [1.29, 1.82) is 0 Å². The molecule has 0 radical (unpaired) electrons. The standard InChI is InChI=1S/C56H36N6/c1-4-17-37(18-5-1)48-36-57-62-52(38-19-6-2-7-20-38)51(46-27-10-11-28-47(46)53(48)62)41-23-16-24-42(35-41)56-59-54(39-21-8-3-9-22-39)58-55(60-56)40-31-33-43(34-32-40)61-49-29-14-12-25-44(49)45-26-13-15-30-50(45)61/h1-36H. The maximum atomic E-state index is 5.21. The summed E-state index contributed by atoms with van der Waals surface area (Å²) in [7, 11) is 0. The second kappa shape index (κ2) is 14.7. The SMILES string of the molecule is c1ccc(-c2nc(-c3ccc(-n4c5ccccc5c5ccccc54)cc3)nc(-c3cccc(-c4c(-c5ccccc5)n5ncc(-c6ccccc6)c5c5ccccc45)c3)n2)cc1. The average molecular weight is 793 g/mol. The number of benzene rings is 8. The van der Waals surface area contributed by atoms with E-state index in [2.05, 4.69) is 191 Å². The Morgan fingerprint density at radius 1 is 0.339 bits per heavy atom. The molecule has 0 amide bonds. The third-order valence-corrected chi connectivity index (χ3v) is 11.8. The number of rotatable bonds is 7. The molecule has 0 saturated carbocycles. The van der Waals surface area contributed by atoms with Crippen molar-refractivity contribution in [2.75, 3.05) is 0 Å². The Labute approximate surface area is 357 Å². The van der Waals surface area contributed by atoms with E-state index in [0.29, 0.717) is 17.5 Å². The summed E-state index contributed by atoms with van der Waals surface area (Å²) in [4.78, 5) is 15.4. The van der Waals surface area contributed by atoms with Gasteiger partial charge < -0.3 is 4.57 Å². The molecule has 12 rings (SSSR count). The fourth-order valence-corrected chi connectivity index (χ4v) is 9.03. The predicted octanol–water partition coefficient (Wildman–Crippen LogP) is 13.8. The van der Waals surface area contributed by atoms with Crippen LogP contribution in [0.2, 0.25) is 0 Å². The number of pyridine rings is 1. The highest BCUT2D eigenvalue weighted by Crippen LogP contribution is 2.43. The van der Waals surface area contributed by atoms with Gasteiger partial charge in [0.2, 0.25) is 0 Å². The van der Waals surface area contributed by atoms with Crippen molar-refractivity contribution in [2.45, 2.75) is 0 Å². The van der Waals surface area contributed by atoms with Crippen LogP contribution in [-0.2, 0) is 0 Å². The summed E-state index contributed by atoms with van der Waals surface area (Å²) in [6.07, 6.45) is 2.00. The van der Waals surface area contributed by atoms with Gasteiger partial charge in [-0.05, 0) is 59.0 Å². The van der Waals surface area contributed by atoms with Crippen LogP contribution in [0.25, 0.3) is 111 Å². The van der Waals surface area contributed by atoms with Crippen molar-refractivity contribution >= 4 is 38.1 Å². The van der Waals surface area contributed by atoms with E-state index in [-0.39, 0.29) is 0 Å². The van der Waals surface area contributed by atoms with E-state index >= 15 is 0 Å². The first-order valence-electron chi connectivity index (χ1n) is 20.8. The van der Waals surface area contributed by atoms with E-state index in [1.165, 1.54) is 21.8 Å². The van der Waals surface area contributed by atoms with Gasteiger partial charge in [0, 0.05) is 55.2 Å². The summed E-state index contributed by atoms with van der Waals surface area (Å²) in [6, 6.07) is 74.2. The van der Waals surface area contributed by atoms with Crippen molar-refractivity contribution in [3.05, 3.63) is 219 Å². The van der Waals surface area contributed by atoms with Crippen LogP contribution < -0.4 is 0 Å². The molecule has 4 aromatic heterocycles. The van der Waals surface area contributed by atoms with Gasteiger partial charge in [0.1, 0.15) is 0 Å². The summed E-state index contributed by atoms with van der Waals surface area (Å²) >= 11 is 0. The van der Waals surface area contributed by atoms with E-state index in [0.717, 1.165) is 72.2 Å². The topological polar surface area (TPSA) is 60.9 Å². The number of para-hydroxylation sites is 2. The molecule has 0 aliphatic carbocycles. The first-order chi connectivity index (χ1) is 30.8. The van der Waals surface area contributed by atoms with Crippen molar-refractivity contribution in [1.82, 2.24) is 29.1 Å². The Kier molecular flexibility index (Phi) is 8.38. The molecule has 0 unspecified atom stereocenters. The van der Waals surface area contributed by atoms with Crippen LogP contribution in [0.4, 0.5) is 0 Å². The first kappa shape index (κ1) is 35.5. The fourth-order valence-electron chi connectivity index (χ4n) is 9.03. The number of nitrogens with zero attached hydrogens (tertiary/aromatic N) is 6. The van der Waals surface area contributed by atoms with Crippen LogP contribution >= 0.6 is 0 Å². The smallest absolute Gasteiger partial charge is 0.164 e. The molecule has 0 aliphatic heterocycles. The van der Waals surface area contributed by atoms with Gasteiger partial charge in [-0.3, -0.25) is 0 Å². The van der Waals surface area contributed by atoms with Crippen molar-refractivity contribution in [3.8, 4) is 73.4 Å². The van der Waals surface area contributed by atoms with Gasteiger partial charge in [0.15, 0.2) is 17.5 Å². The molecule has 0 fully saturated rings. The molecule has 6 heteroatoms. The normalized spacial score (nSPS) is 11.5. The van der Waals surface area contributed by atoms with Crippen LogP contribution in [0.15, 0.2) is 219 Å². The monoisotopic (exact) mass is 792 g/mol. The number of hydrogen-bond donors (Lipinski definition) is 0. The minimum Gasteiger partial charge on any atom is -0.309 e. The number of hydrogen-bond acceptors (Lipinski definition) is 4. The minimum absolute atomic E-state index is 0.597. The molecule has 6 nitrogen and oxygen atoms in total. The zero-order chi connectivity index (χ0) is 41.0. The van der Waals surface area contributed by atoms with Gasteiger partial charge >= 0.3 is 0 Å². The van der Waals surface area contributed by atoms with Crippen molar-refractivity contribution in [2.24, 2.45) is 0 Å². The minimum atomic E-state index is 0.597. The summed E-state index contributed by atoms with van der Waals surface area (Å²) in [5.74, 6) is 1.82. The number of aromatic nitrogens is 6. The van der Waals surface area contributed by atoms with Gasteiger partial charge in [0.05, 0.1) is 28.4 Å². The fraction of sp³-hybridized carbons (Fsp3) is 0. The van der Waals surface area contributed by atoms with E-state index in [1.54, 1.807) is 0 Å². The maximum absolute atomic E-state index is 5.21. The Hall–Kier alpha value is -8.48. The molecule has 62 heavy (non-hydrogen) atoms. The molecule has 0 spiro atoms. The number of fused-ring (bicyclic) bond motifs is 6. The third kappa shape index (κ3) is 5.88. The van der Waals surface area contributed by atoms with Crippen LogP contribution in [0.5, 0.6) is 0 Å². The summed E-state index contributed by atoms with van der Waals surface area (Å²) < 4.78 is 4.45. The van der Waals surface area contributed by atoms with E-state index < -0.39 is 0 Å². The Balaban J connectivity index is 1.03. The molecule has 12 aromatic rings. The largest absolute Gasteiger partial charge is 0.309 e. The lowest BCUT2D eigenvalue weighted by molar-refractivity contribution is 0.976. The molecule has 0 N–H and O–H groups in total. The lowest BCUT2D eigenvalue weighted by Gasteiger charge is -2.18. The summed E-state index contributed by atoms with van der Waals surface area (Å²) in [5.41, 5.74) is 13.6. The molecular formula is C56H36N6. The second-order valence-corrected chi connectivity index (χ2v) is 15.5. The lowest BCUT2D eigenvalue weighted by Crippen LogP contribution is -2.02. The van der Waals surface area contributed by atoms with Gasteiger partial charge in [-0.25, -0.2) is 19.5 Å². The molecule has 0 aliphatic rings. The van der Waals surface area contributed by atoms with Crippen LogP contribution in [0, 0.1) is 0 Å². The Morgan fingerprint density at radius 2 is 0.806 bits per heavy atom. The predicted molar refractivity (Wildman–Crippen MR) is 253 cm³/mol. The van der Waals surface area contributed by atoms with Gasteiger partial charge in [-0.15, -0.1) is 0 Å². The highest BCUT2D eigenvalue weighted by Gasteiger charge is 2.22. The van der Waals surface area contributed by atoms with Crippen LogP contribution in [-0.4, -0.2) is 29.1 Å². The first-order valence-corrected chi connectivity index (χ1v) is 20.8. The Bertz CT molecular complexity index is 3560. The van der Waals surface area contributed by atoms with Crippen molar-refractivity contribution in [3.63, 3.8) is 0 Å². The van der Waals surface area contributed by atoms with E-state index in [4.69, 9.17) is 20.1 Å². The third-order valence-electron chi connectivity index (χ3n) is 11.8. The molecule has 290 valence electrons. The Morgan fingerprint density at radius 3 is 1.44 bits per heavy atom. The van der Waals surface area contributed by atoms with Gasteiger partial charge in [-0.1, -0.05) is 170 Å². The highest BCUT2D eigenvalue weighted by atomic mass is 15.2. The maximum Gasteiger partial charge on any atom is 0.164 e. The summed E-state index contributed by atoms with van der Waals surface area (Å²) in [5, 5.41) is 9.84. The lowest BCUT2D eigenvalue weighted by atomic mass is 9.91. The van der Waals surface area contributed by atoms with Crippen LogP contribution in [0.3, 0.4) is 0 Å². The highest BCUT2D eigenvalue weighted by molar-refractivity contribution is 6.13. The zero-order valence-corrected chi connectivity index (χ0v) is 33.5. The molecule has 0 bridgehead atoms. The summed E-state index contributed by atoms with van der Waals surface area (Å²) in [6.45, 7) is 0. The average Bonchev–Trinajstić information content (AvgIpc) is 3.95. The van der Waals surface area contributed by atoms with Gasteiger partial charge in [-0.2, -0.15) is 5.10 Å². The second-order valence-electron chi connectivity index (χ2n) is 15.5. The zero-order valence-electron chi connectivity index (χ0n) is 33.5. The molecular weight excluding hydrogens is 757 g/mol. The molecule has 8 aromatic carbocycles.